The van der Waals surface area contributed by atoms with E-state index in [2.05, 4.69) is 4.72 Å². The normalized spacial score (nSPS) is 16.5. The minimum absolute atomic E-state index is 0.0414. The molecule has 1 aliphatic carbocycles. The Morgan fingerprint density at radius 2 is 1.97 bits per heavy atom. The lowest BCUT2D eigenvalue weighted by Crippen LogP contribution is -2.39. The summed E-state index contributed by atoms with van der Waals surface area (Å²) in [6, 6.07) is 10.0. The maximum Gasteiger partial charge on any atom is 0.305 e. The van der Waals surface area contributed by atoms with Crippen molar-refractivity contribution < 1.29 is 22.7 Å². The first-order valence-corrected chi connectivity index (χ1v) is 11.4. The molecule has 3 aromatic rings. The molecule has 0 saturated carbocycles. The van der Waals surface area contributed by atoms with Crippen LogP contribution < -0.4 is 4.72 Å². The molecule has 0 aliphatic heterocycles. The summed E-state index contributed by atoms with van der Waals surface area (Å²) in [7, 11) is -3.72. The first kappa shape index (κ1) is 20.8. The largest absolute Gasteiger partial charge is 0.481 e. The number of aliphatic carboxylic acids is 1. The number of fused-ring (bicyclic) bond motifs is 3. The number of carboxylic acid groups (broad SMARTS) is 1. The molecule has 0 amide bonds. The topological polar surface area (TPSA) is 88.4 Å². The Labute approximate surface area is 178 Å². The minimum atomic E-state index is -3.72. The van der Waals surface area contributed by atoms with Gasteiger partial charge in [-0.25, -0.2) is 17.5 Å². The van der Waals surface area contributed by atoms with Crippen LogP contribution in [0.25, 0.3) is 10.9 Å². The van der Waals surface area contributed by atoms with E-state index in [1.165, 1.54) is 36.4 Å². The number of rotatable bonds is 6. The van der Waals surface area contributed by atoms with E-state index in [-0.39, 0.29) is 29.7 Å². The van der Waals surface area contributed by atoms with Crippen molar-refractivity contribution in [2.45, 2.75) is 43.2 Å². The summed E-state index contributed by atoms with van der Waals surface area (Å²) in [6.45, 7) is 0.286. The summed E-state index contributed by atoms with van der Waals surface area (Å²) in [5.41, 5.74) is 2.58. The van der Waals surface area contributed by atoms with Gasteiger partial charge in [-0.1, -0.05) is 11.6 Å². The quantitative estimate of drug-likeness (QED) is 0.598. The van der Waals surface area contributed by atoms with Gasteiger partial charge < -0.3 is 9.67 Å². The van der Waals surface area contributed by atoms with E-state index in [0.717, 1.165) is 16.8 Å². The Kier molecular flexibility index (Phi) is 5.57. The number of aryl methyl sites for hydroxylation is 1. The van der Waals surface area contributed by atoms with Crippen molar-refractivity contribution in [3.05, 3.63) is 64.6 Å². The highest BCUT2D eigenvalue weighted by Crippen LogP contribution is 2.33. The van der Waals surface area contributed by atoms with E-state index < -0.39 is 16.0 Å². The lowest BCUT2D eigenvalue weighted by Gasteiger charge is -2.25. The molecule has 6 nitrogen and oxygen atoms in total. The van der Waals surface area contributed by atoms with E-state index in [9.17, 15) is 17.6 Å². The summed E-state index contributed by atoms with van der Waals surface area (Å²) in [6.07, 6.45) is 1.49. The molecule has 1 aromatic heterocycles. The van der Waals surface area contributed by atoms with Crippen LogP contribution in [0.3, 0.4) is 0 Å². The molecule has 1 aliphatic rings. The third kappa shape index (κ3) is 4.08. The maximum absolute atomic E-state index is 13.9. The molecule has 2 aromatic carbocycles. The Morgan fingerprint density at radius 3 is 2.67 bits per heavy atom. The first-order valence-electron chi connectivity index (χ1n) is 9.54. The van der Waals surface area contributed by atoms with Crippen LogP contribution in [0.15, 0.2) is 47.4 Å². The van der Waals surface area contributed by atoms with Gasteiger partial charge in [0, 0.05) is 34.2 Å². The molecule has 4 rings (SSSR count). The second-order valence-corrected chi connectivity index (χ2v) is 9.55. The molecule has 2 N–H and O–H groups in total. The second-order valence-electron chi connectivity index (χ2n) is 7.40. The van der Waals surface area contributed by atoms with Gasteiger partial charge in [-0.05, 0) is 67.3 Å². The molecule has 0 radical (unpaired) electrons. The summed E-state index contributed by atoms with van der Waals surface area (Å²) in [4.78, 5) is 11.2. The van der Waals surface area contributed by atoms with Crippen LogP contribution in [-0.2, 0) is 34.2 Å². The molecule has 0 saturated heterocycles. The van der Waals surface area contributed by atoms with Crippen LogP contribution >= 0.6 is 11.6 Å². The lowest BCUT2D eigenvalue weighted by molar-refractivity contribution is -0.137. The fraction of sp³-hybridized carbons (Fsp3) is 0.286. The van der Waals surface area contributed by atoms with Crippen molar-refractivity contribution in [3.63, 3.8) is 0 Å². The molecular weight excluding hydrogens is 431 g/mol. The standard InChI is InChI=1S/C21H20ClFN2O4S/c22-13-1-5-16(6-2-13)30(28,29)24-15-4-8-20-18(12-15)17-11-14(23)3-7-19(17)25(20)10-9-21(26)27/h1-3,5-7,11,15,24H,4,8-10,12H2,(H,26,27). The van der Waals surface area contributed by atoms with Crippen molar-refractivity contribution in [1.29, 1.82) is 0 Å². The Bertz CT molecular complexity index is 1220. The average Bonchev–Trinajstić information content (AvgIpc) is 2.98. The molecule has 1 unspecified atom stereocenters. The number of carboxylic acids is 1. The average molecular weight is 451 g/mol. The van der Waals surface area contributed by atoms with Gasteiger partial charge in [-0.3, -0.25) is 4.79 Å². The van der Waals surface area contributed by atoms with Gasteiger partial charge in [0.1, 0.15) is 5.82 Å². The molecule has 158 valence electrons. The lowest BCUT2D eigenvalue weighted by atomic mass is 9.92. The third-order valence-corrected chi connectivity index (χ3v) is 7.21. The van der Waals surface area contributed by atoms with Crippen LogP contribution in [0.4, 0.5) is 4.39 Å². The van der Waals surface area contributed by atoms with Gasteiger partial charge in [-0.15, -0.1) is 0 Å². The summed E-state index contributed by atoms with van der Waals surface area (Å²) in [5, 5.41) is 10.2. The van der Waals surface area contributed by atoms with Crippen LogP contribution in [-0.4, -0.2) is 30.1 Å². The van der Waals surface area contributed by atoms with Gasteiger partial charge in [0.25, 0.3) is 0 Å². The number of aromatic nitrogens is 1. The number of carbonyl (C=O) groups is 1. The van der Waals surface area contributed by atoms with Crippen LogP contribution in [0.2, 0.25) is 5.02 Å². The van der Waals surface area contributed by atoms with E-state index in [1.54, 1.807) is 6.07 Å². The minimum Gasteiger partial charge on any atom is -0.481 e. The van der Waals surface area contributed by atoms with Gasteiger partial charge in [-0.2, -0.15) is 0 Å². The summed E-state index contributed by atoms with van der Waals surface area (Å²) >= 11 is 5.84. The molecule has 0 bridgehead atoms. The van der Waals surface area contributed by atoms with Crippen molar-refractivity contribution in [3.8, 4) is 0 Å². The predicted molar refractivity (Wildman–Crippen MR) is 112 cm³/mol. The second kappa shape index (κ2) is 8.02. The van der Waals surface area contributed by atoms with Crippen molar-refractivity contribution >= 4 is 38.5 Å². The molecule has 0 spiro atoms. The number of hydrogen-bond acceptors (Lipinski definition) is 3. The van der Waals surface area contributed by atoms with Gasteiger partial charge >= 0.3 is 5.97 Å². The van der Waals surface area contributed by atoms with Gasteiger partial charge in [0.2, 0.25) is 10.0 Å². The summed E-state index contributed by atoms with van der Waals surface area (Å²) in [5.74, 6) is -1.29. The summed E-state index contributed by atoms with van der Waals surface area (Å²) < 4.78 is 44.1. The Balaban J connectivity index is 1.65. The van der Waals surface area contributed by atoms with E-state index in [4.69, 9.17) is 16.7 Å². The number of benzene rings is 2. The number of halogens is 2. The van der Waals surface area contributed by atoms with Crippen molar-refractivity contribution in [2.75, 3.05) is 0 Å². The fourth-order valence-corrected chi connectivity index (χ4v) is 5.48. The van der Waals surface area contributed by atoms with Crippen molar-refractivity contribution in [2.24, 2.45) is 0 Å². The molecule has 30 heavy (non-hydrogen) atoms. The van der Waals surface area contributed by atoms with Crippen LogP contribution in [0.5, 0.6) is 0 Å². The van der Waals surface area contributed by atoms with Gasteiger partial charge in [0.15, 0.2) is 0 Å². The first-order chi connectivity index (χ1) is 14.2. The zero-order valence-electron chi connectivity index (χ0n) is 15.9. The zero-order valence-corrected chi connectivity index (χ0v) is 17.5. The maximum atomic E-state index is 13.9. The highest BCUT2D eigenvalue weighted by atomic mass is 35.5. The number of nitrogens with one attached hydrogen (secondary N) is 1. The monoisotopic (exact) mass is 450 g/mol. The van der Waals surface area contributed by atoms with E-state index >= 15 is 0 Å². The number of sulfonamides is 1. The highest BCUT2D eigenvalue weighted by Gasteiger charge is 2.29. The van der Waals surface area contributed by atoms with E-state index in [1.807, 2.05) is 4.57 Å². The van der Waals surface area contributed by atoms with Crippen LogP contribution in [0, 0.1) is 5.82 Å². The molecule has 1 atom stereocenters. The molecule has 9 heteroatoms. The molecular formula is C21H20ClFN2O4S. The van der Waals surface area contributed by atoms with Crippen molar-refractivity contribution in [1.82, 2.24) is 9.29 Å². The number of hydrogen-bond donors (Lipinski definition) is 2. The van der Waals surface area contributed by atoms with Crippen LogP contribution in [0.1, 0.15) is 24.1 Å². The Morgan fingerprint density at radius 1 is 1.23 bits per heavy atom. The van der Waals surface area contributed by atoms with E-state index in [0.29, 0.717) is 29.7 Å². The molecule has 1 heterocycles. The smallest absolute Gasteiger partial charge is 0.305 e. The fourth-order valence-electron chi connectivity index (χ4n) is 4.09. The molecule has 0 fully saturated rings. The Hall–Kier alpha value is -2.42. The van der Waals surface area contributed by atoms with Gasteiger partial charge in [0.05, 0.1) is 11.3 Å². The zero-order chi connectivity index (χ0) is 21.5. The highest BCUT2D eigenvalue weighted by molar-refractivity contribution is 7.89. The SMILES string of the molecule is O=C(O)CCn1c2c(c3cc(F)ccc31)CC(NS(=O)(=O)c1ccc(Cl)cc1)CC2. The predicted octanol–water partition coefficient (Wildman–Crippen LogP) is 3.74. The number of nitrogens with zero attached hydrogens (tertiary/aromatic N) is 1. The third-order valence-electron chi connectivity index (χ3n) is 5.42.